The molecule has 0 unspecified atom stereocenters. The summed E-state index contributed by atoms with van der Waals surface area (Å²) < 4.78 is 1.19. The van der Waals surface area contributed by atoms with E-state index in [0.717, 1.165) is 16.0 Å². The zero-order valence-electron chi connectivity index (χ0n) is 15.0. The van der Waals surface area contributed by atoms with Crippen LogP contribution in [0.2, 0.25) is 0 Å². The number of fused-ring (bicyclic) bond motifs is 3. The van der Waals surface area contributed by atoms with Crippen molar-refractivity contribution in [3.05, 3.63) is 112 Å². The fourth-order valence-corrected chi connectivity index (χ4v) is 5.21. The summed E-state index contributed by atoms with van der Waals surface area (Å²) in [4.78, 5) is 14.3. The van der Waals surface area contributed by atoms with E-state index in [4.69, 9.17) is 0 Å². The van der Waals surface area contributed by atoms with E-state index in [0.29, 0.717) is 0 Å². The van der Waals surface area contributed by atoms with Crippen LogP contribution in [0.3, 0.4) is 0 Å². The summed E-state index contributed by atoms with van der Waals surface area (Å²) in [6, 6.07) is 27.0. The molecule has 0 amide bonds. The van der Waals surface area contributed by atoms with E-state index >= 15 is 0 Å². The van der Waals surface area contributed by atoms with Crippen molar-refractivity contribution in [2.75, 3.05) is 0 Å². The summed E-state index contributed by atoms with van der Waals surface area (Å²) in [5.41, 5.74) is 5.52. The van der Waals surface area contributed by atoms with Crippen LogP contribution in [0.4, 0.5) is 0 Å². The molecule has 1 aliphatic rings. The molecule has 2 heteroatoms. The van der Waals surface area contributed by atoms with Crippen molar-refractivity contribution >= 4 is 33.3 Å². The number of aryl methyl sites for hydroxylation is 1. The maximum atomic E-state index is 13.4. The van der Waals surface area contributed by atoms with Gasteiger partial charge in [0, 0.05) is 16.2 Å². The summed E-state index contributed by atoms with van der Waals surface area (Å²) in [5, 5.41) is 1.20. The molecule has 1 aliphatic carbocycles. The van der Waals surface area contributed by atoms with Crippen LogP contribution in [0.25, 0.3) is 16.2 Å². The number of thiophene rings is 1. The van der Waals surface area contributed by atoms with Gasteiger partial charge in [-0.15, -0.1) is 11.3 Å². The first kappa shape index (κ1) is 16.2. The molecule has 0 N–H and O–H groups in total. The van der Waals surface area contributed by atoms with Crippen molar-refractivity contribution in [3.63, 3.8) is 0 Å². The fraction of sp³-hybridized carbons (Fsp3) is 0.0800. The van der Waals surface area contributed by atoms with E-state index in [2.05, 4.69) is 67.6 Å². The number of hydrogen-bond donors (Lipinski definition) is 0. The Morgan fingerprint density at radius 1 is 0.889 bits per heavy atom. The zero-order chi connectivity index (χ0) is 18.4. The number of carbonyl (C=O) groups is 1. The lowest BCUT2D eigenvalue weighted by Gasteiger charge is -2.15. The minimum absolute atomic E-state index is 0.0104. The van der Waals surface area contributed by atoms with Crippen molar-refractivity contribution in [3.8, 4) is 0 Å². The van der Waals surface area contributed by atoms with Gasteiger partial charge in [0.1, 0.15) is 0 Å². The standard InChI is InChI=1S/C25H18OS/c1-16-8-7-11-18(14-16)22-20(15-17-9-3-2-4-10-17)24(26)25-23(22)19-12-5-6-13-21(19)27-25/h2-15,22H,1H3/b20-15+/t22-/m0/s1. The van der Waals surface area contributed by atoms with Crippen molar-refractivity contribution < 1.29 is 4.79 Å². The van der Waals surface area contributed by atoms with Crippen molar-refractivity contribution in [2.45, 2.75) is 12.8 Å². The van der Waals surface area contributed by atoms with E-state index in [1.807, 2.05) is 24.3 Å². The van der Waals surface area contributed by atoms with Crippen LogP contribution >= 0.6 is 11.3 Å². The maximum Gasteiger partial charge on any atom is 0.200 e. The molecule has 0 saturated heterocycles. The molecular weight excluding hydrogens is 348 g/mol. The normalized spacial score (nSPS) is 17.6. The van der Waals surface area contributed by atoms with Crippen LogP contribution in [0, 0.1) is 6.92 Å². The molecule has 1 atom stereocenters. The smallest absolute Gasteiger partial charge is 0.200 e. The molecule has 0 saturated carbocycles. The van der Waals surface area contributed by atoms with E-state index < -0.39 is 0 Å². The van der Waals surface area contributed by atoms with Gasteiger partial charge in [0.25, 0.3) is 0 Å². The third-order valence-electron chi connectivity index (χ3n) is 5.20. The van der Waals surface area contributed by atoms with Crippen LogP contribution in [-0.4, -0.2) is 5.78 Å². The summed E-state index contributed by atoms with van der Waals surface area (Å²) in [7, 11) is 0. The molecule has 1 aromatic heterocycles. The van der Waals surface area contributed by atoms with Gasteiger partial charge in [-0.3, -0.25) is 4.79 Å². The van der Waals surface area contributed by atoms with Crippen LogP contribution < -0.4 is 0 Å². The SMILES string of the molecule is Cc1cccc([C@H]2/C(=C\c3ccccc3)C(=O)c3sc4ccccc4c32)c1. The number of ketones is 1. The molecule has 0 bridgehead atoms. The molecule has 27 heavy (non-hydrogen) atoms. The molecule has 1 heterocycles. The molecule has 0 radical (unpaired) electrons. The maximum absolute atomic E-state index is 13.4. The molecule has 0 fully saturated rings. The Balaban J connectivity index is 1.78. The van der Waals surface area contributed by atoms with Gasteiger partial charge in [0.2, 0.25) is 0 Å². The summed E-state index contributed by atoms with van der Waals surface area (Å²) in [5.74, 6) is 0.158. The monoisotopic (exact) mass is 366 g/mol. The number of benzene rings is 3. The highest BCUT2D eigenvalue weighted by Crippen LogP contribution is 2.49. The van der Waals surface area contributed by atoms with Gasteiger partial charge >= 0.3 is 0 Å². The molecule has 1 nitrogen and oxygen atoms in total. The zero-order valence-corrected chi connectivity index (χ0v) is 15.8. The minimum atomic E-state index is -0.0104. The van der Waals surface area contributed by atoms with Gasteiger partial charge in [-0.1, -0.05) is 78.4 Å². The molecule has 3 aromatic carbocycles. The first-order valence-corrected chi connectivity index (χ1v) is 9.93. The second-order valence-electron chi connectivity index (χ2n) is 7.03. The Morgan fingerprint density at radius 2 is 1.67 bits per heavy atom. The first-order valence-electron chi connectivity index (χ1n) is 9.12. The topological polar surface area (TPSA) is 17.1 Å². The molecule has 0 aliphatic heterocycles. The highest BCUT2D eigenvalue weighted by molar-refractivity contribution is 7.21. The van der Waals surface area contributed by atoms with Gasteiger partial charge < -0.3 is 0 Å². The lowest BCUT2D eigenvalue weighted by Crippen LogP contribution is -2.03. The van der Waals surface area contributed by atoms with Crippen LogP contribution in [0.1, 0.15) is 37.8 Å². The van der Waals surface area contributed by atoms with Crippen LogP contribution in [0.5, 0.6) is 0 Å². The Labute approximate surface area is 162 Å². The predicted molar refractivity (Wildman–Crippen MR) is 114 cm³/mol. The number of rotatable bonds is 2. The first-order chi connectivity index (χ1) is 13.2. The Morgan fingerprint density at radius 3 is 2.48 bits per heavy atom. The molecule has 0 spiro atoms. The van der Waals surface area contributed by atoms with E-state index in [9.17, 15) is 4.79 Å². The van der Waals surface area contributed by atoms with Gasteiger partial charge in [-0.05, 0) is 41.1 Å². The average molecular weight is 366 g/mol. The van der Waals surface area contributed by atoms with Gasteiger partial charge in [0.15, 0.2) is 5.78 Å². The highest BCUT2D eigenvalue weighted by atomic mass is 32.1. The molecule has 4 aromatic rings. The predicted octanol–water partition coefficient (Wildman–Crippen LogP) is 6.62. The van der Waals surface area contributed by atoms with Gasteiger partial charge in [0.05, 0.1) is 4.88 Å². The third-order valence-corrected chi connectivity index (χ3v) is 6.38. The molecule has 5 rings (SSSR count). The van der Waals surface area contributed by atoms with Gasteiger partial charge in [-0.2, -0.15) is 0 Å². The van der Waals surface area contributed by atoms with E-state index in [-0.39, 0.29) is 11.7 Å². The van der Waals surface area contributed by atoms with Gasteiger partial charge in [-0.25, -0.2) is 0 Å². The number of allylic oxidation sites excluding steroid dienone is 1. The Hall–Kier alpha value is -2.97. The van der Waals surface area contributed by atoms with Crippen LogP contribution in [-0.2, 0) is 0 Å². The second kappa shape index (κ2) is 6.33. The minimum Gasteiger partial charge on any atom is -0.288 e. The average Bonchev–Trinajstić information content (AvgIpc) is 3.19. The number of carbonyl (C=O) groups excluding carboxylic acids is 1. The quantitative estimate of drug-likeness (QED) is 0.364. The fourth-order valence-electron chi connectivity index (χ4n) is 4.01. The van der Waals surface area contributed by atoms with E-state index in [1.165, 1.54) is 26.8 Å². The lowest BCUT2D eigenvalue weighted by atomic mass is 9.87. The lowest BCUT2D eigenvalue weighted by molar-refractivity contribution is 0.104. The van der Waals surface area contributed by atoms with Crippen molar-refractivity contribution in [1.82, 2.24) is 0 Å². The summed E-state index contributed by atoms with van der Waals surface area (Å²) in [6.07, 6.45) is 2.07. The highest BCUT2D eigenvalue weighted by Gasteiger charge is 2.38. The number of hydrogen-bond acceptors (Lipinski definition) is 2. The van der Waals surface area contributed by atoms with Crippen LogP contribution in [0.15, 0.2) is 84.4 Å². The third kappa shape index (κ3) is 2.65. The second-order valence-corrected chi connectivity index (χ2v) is 8.08. The molecule has 130 valence electrons. The summed E-state index contributed by atoms with van der Waals surface area (Å²) >= 11 is 1.62. The van der Waals surface area contributed by atoms with Crippen molar-refractivity contribution in [1.29, 1.82) is 0 Å². The van der Waals surface area contributed by atoms with E-state index in [1.54, 1.807) is 11.3 Å². The number of Topliss-reactive ketones (excluding diaryl/α,β-unsaturated/α-hetero) is 1. The van der Waals surface area contributed by atoms with Crippen molar-refractivity contribution in [2.24, 2.45) is 0 Å². The summed E-state index contributed by atoms with van der Waals surface area (Å²) in [6.45, 7) is 2.10. The molecular formula is C25H18OS. The Bertz CT molecular complexity index is 1200. The largest absolute Gasteiger partial charge is 0.288 e. The Kier molecular flexibility index (Phi) is 3.80.